The number of anilines is 1. The second-order valence-electron chi connectivity index (χ2n) is 5.69. The van der Waals surface area contributed by atoms with Crippen LogP contribution in [0.3, 0.4) is 0 Å². The molecule has 1 aliphatic carbocycles. The zero-order valence-corrected chi connectivity index (χ0v) is 13.1. The van der Waals surface area contributed by atoms with Gasteiger partial charge >= 0.3 is 0 Å². The van der Waals surface area contributed by atoms with Crippen LogP contribution in [0, 0.1) is 11.6 Å². The van der Waals surface area contributed by atoms with E-state index in [2.05, 4.69) is 11.9 Å². The highest BCUT2D eigenvalue weighted by atomic mass is 19.1. The fourth-order valence-corrected chi connectivity index (χ4v) is 2.99. The van der Waals surface area contributed by atoms with Crippen molar-refractivity contribution in [2.45, 2.75) is 19.3 Å². The van der Waals surface area contributed by atoms with Crippen molar-refractivity contribution in [3.63, 3.8) is 0 Å². The van der Waals surface area contributed by atoms with Crippen molar-refractivity contribution < 1.29 is 13.6 Å². The van der Waals surface area contributed by atoms with E-state index in [4.69, 9.17) is 0 Å². The van der Waals surface area contributed by atoms with Gasteiger partial charge in [0.15, 0.2) is 0 Å². The van der Waals surface area contributed by atoms with Crippen LogP contribution in [0.15, 0.2) is 60.7 Å². The summed E-state index contributed by atoms with van der Waals surface area (Å²) in [6.45, 7) is 3.84. The van der Waals surface area contributed by atoms with Crippen LogP contribution in [0.4, 0.5) is 14.5 Å². The van der Waals surface area contributed by atoms with Crippen LogP contribution in [-0.2, 0) is 0 Å². The Morgan fingerprint density at radius 3 is 2.33 bits per heavy atom. The molecule has 2 aromatic rings. The predicted octanol–water partition coefficient (Wildman–Crippen LogP) is 5.34. The van der Waals surface area contributed by atoms with E-state index in [0.29, 0.717) is 5.69 Å². The van der Waals surface area contributed by atoms with E-state index in [1.165, 1.54) is 17.2 Å². The second kappa shape index (κ2) is 6.79. The highest BCUT2D eigenvalue weighted by Crippen LogP contribution is 2.34. The number of hydrogen-bond acceptors (Lipinski definition) is 1. The molecule has 0 bridgehead atoms. The predicted molar refractivity (Wildman–Crippen MR) is 91.7 cm³/mol. The molecule has 0 atom stereocenters. The van der Waals surface area contributed by atoms with E-state index in [1.54, 1.807) is 12.1 Å². The Morgan fingerprint density at radius 2 is 1.71 bits per heavy atom. The maximum atomic E-state index is 13.6. The van der Waals surface area contributed by atoms with Gasteiger partial charge in [-0.3, -0.25) is 4.79 Å². The molecule has 0 saturated heterocycles. The summed E-state index contributed by atoms with van der Waals surface area (Å²) < 4.78 is 27.3. The SMILES string of the molecule is C=CC1=C(c2ccc(NC(=O)c3c(F)cccc3F)cc2)CCC1. The van der Waals surface area contributed by atoms with Gasteiger partial charge in [0.05, 0.1) is 0 Å². The van der Waals surface area contributed by atoms with Crippen LogP contribution in [-0.4, -0.2) is 5.91 Å². The Kier molecular flexibility index (Phi) is 4.56. The number of nitrogens with one attached hydrogen (secondary N) is 1. The van der Waals surface area contributed by atoms with Gasteiger partial charge in [-0.25, -0.2) is 8.78 Å². The molecule has 0 aromatic heterocycles. The summed E-state index contributed by atoms with van der Waals surface area (Å²) in [7, 11) is 0. The maximum Gasteiger partial charge on any atom is 0.261 e. The topological polar surface area (TPSA) is 29.1 Å². The molecule has 24 heavy (non-hydrogen) atoms. The van der Waals surface area contributed by atoms with Crippen molar-refractivity contribution in [2.75, 3.05) is 5.32 Å². The monoisotopic (exact) mass is 325 g/mol. The highest BCUT2D eigenvalue weighted by Gasteiger charge is 2.17. The molecule has 0 aliphatic heterocycles. The van der Waals surface area contributed by atoms with Gasteiger partial charge in [0.1, 0.15) is 17.2 Å². The van der Waals surface area contributed by atoms with E-state index < -0.39 is 23.1 Å². The lowest BCUT2D eigenvalue weighted by Crippen LogP contribution is -2.15. The molecule has 1 N–H and O–H groups in total. The van der Waals surface area contributed by atoms with Gasteiger partial charge in [-0.1, -0.05) is 30.9 Å². The van der Waals surface area contributed by atoms with Crippen molar-refractivity contribution in [3.05, 3.63) is 83.5 Å². The van der Waals surface area contributed by atoms with Gasteiger partial charge in [0.2, 0.25) is 0 Å². The molecule has 4 heteroatoms. The molecule has 0 spiro atoms. The number of amides is 1. The molecule has 0 saturated carbocycles. The van der Waals surface area contributed by atoms with Gasteiger partial charge in [-0.05, 0) is 60.2 Å². The summed E-state index contributed by atoms with van der Waals surface area (Å²) in [4.78, 5) is 12.1. The zero-order chi connectivity index (χ0) is 17.1. The molecular formula is C20H17F2NO. The molecule has 0 heterocycles. The van der Waals surface area contributed by atoms with E-state index in [0.717, 1.165) is 37.0 Å². The summed E-state index contributed by atoms with van der Waals surface area (Å²) >= 11 is 0. The van der Waals surface area contributed by atoms with Gasteiger partial charge in [0, 0.05) is 5.69 Å². The van der Waals surface area contributed by atoms with Crippen LogP contribution < -0.4 is 5.32 Å². The van der Waals surface area contributed by atoms with Crippen LogP contribution in [0.2, 0.25) is 0 Å². The van der Waals surface area contributed by atoms with Crippen LogP contribution in [0.25, 0.3) is 5.57 Å². The summed E-state index contributed by atoms with van der Waals surface area (Å²) in [5.41, 5.74) is 3.51. The van der Waals surface area contributed by atoms with Crippen molar-refractivity contribution in [2.24, 2.45) is 0 Å². The first kappa shape index (κ1) is 16.1. The number of hydrogen-bond donors (Lipinski definition) is 1. The molecule has 0 unspecified atom stereocenters. The summed E-state index contributed by atoms with van der Waals surface area (Å²) in [5, 5.41) is 2.53. The molecule has 122 valence electrons. The third-order valence-electron chi connectivity index (χ3n) is 4.19. The van der Waals surface area contributed by atoms with Crippen molar-refractivity contribution in [3.8, 4) is 0 Å². The molecular weight excluding hydrogens is 308 g/mol. The Labute approximate surface area is 139 Å². The molecule has 0 fully saturated rings. The standard InChI is InChI=1S/C20H17F2NO/c1-2-13-5-3-6-16(13)14-9-11-15(12-10-14)23-20(24)19-17(21)7-4-8-18(19)22/h2,4,7-12H,1,3,5-6H2,(H,23,24). The summed E-state index contributed by atoms with van der Waals surface area (Å²) in [5.74, 6) is -2.56. The fourth-order valence-electron chi connectivity index (χ4n) is 2.99. The Balaban J connectivity index is 1.80. The number of rotatable bonds is 4. The van der Waals surface area contributed by atoms with E-state index in [9.17, 15) is 13.6 Å². The molecule has 3 rings (SSSR count). The highest BCUT2D eigenvalue weighted by molar-refractivity contribution is 6.04. The number of carbonyl (C=O) groups excluding carboxylic acids is 1. The average molecular weight is 325 g/mol. The third kappa shape index (κ3) is 3.13. The molecule has 2 aromatic carbocycles. The fraction of sp³-hybridized carbons (Fsp3) is 0.150. The average Bonchev–Trinajstić information content (AvgIpc) is 3.04. The lowest BCUT2D eigenvalue weighted by molar-refractivity contribution is 0.101. The van der Waals surface area contributed by atoms with E-state index in [1.807, 2.05) is 18.2 Å². The number of benzene rings is 2. The zero-order valence-electron chi connectivity index (χ0n) is 13.1. The van der Waals surface area contributed by atoms with Crippen LogP contribution >= 0.6 is 0 Å². The quantitative estimate of drug-likeness (QED) is 0.807. The van der Waals surface area contributed by atoms with Crippen molar-refractivity contribution >= 4 is 17.2 Å². The van der Waals surface area contributed by atoms with Crippen LogP contribution in [0.5, 0.6) is 0 Å². The van der Waals surface area contributed by atoms with Gasteiger partial charge in [0.25, 0.3) is 5.91 Å². The third-order valence-corrected chi connectivity index (χ3v) is 4.19. The molecule has 0 radical (unpaired) electrons. The Hall–Kier alpha value is -2.75. The maximum absolute atomic E-state index is 13.6. The van der Waals surface area contributed by atoms with Crippen molar-refractivity contribution in [1.29, 1.82) is 0 Å². The first-order valence-electron chi connectivity index (χ1n) is 7.80. The Bertz CT molecular complexity index is 802. The van der Waals surface area contributed by atoms with Crippen molar-refractivity contribution in [1.82, 2.24) is 0 Å². The summed E-state index contributed by atoms with van der Waals surface area (Å²) in [6.07, 6.45) is 5.04. The minimum absolute atomic E-state index is 0.491. The first-order chi connectivity index (χ1) is 11.6. The second-order valence-corrected chi connectivity index (χ2v) is 5.69. The van der Waals surface area contributed by atoms with Gasteiger partial charge in [-0.15, -0.1) is 0 Å². The smallest absolute Gasteiger partial charge is 0.261 e. The molecule has 1 aliphatic rings. The minimum atomic E-state index is -0.879. The molecule has 1 amide bonds. The minimum Gasteiger partial charge on any atom is -0.322 e. The lowest BCUT2D eigenvalue weighted by atomic mass is 10.0. The number of carbonyl (C=O) groups is 1. The number of halogens is 2. The normalized spacial score (nSPS) is 13.9. The lowest BCUT2D eigenvalue weighted by Gasteiger charge is -2.09. The van der Waals surface area contributed by atoms with Gasteiger partial charge < -0.3 is 5.32 Å². The Morgan fingerprint density at radius 1 is 1.04 bits per heavy atom. The summed E-state index contributed by atoms with van der Waals surface area (Å²) in [6, 6.07) is 10.6. The van der Waals surface area contributed by atoms with Crippen LogP contribution in [0.1, 0.15) is 35.2 Å². The van der Waals surface area contributed by atoms with Gasteiger partial charge in [-0.2, -0.15) is 0 Å². The first-order valence-corrected chi connectivity index (χ1v) is 7.80. The number of allylic oxidation sites excluding steroid dienone is 3. The largest absolute Gasteiger partial charge is 0.322 e. The van der Waals surface area contributed by atoms with E-state index in [-0.39, 0.29) is 0 Å². The molecule has 2 nitrogen and oxygen atoms in total. The van der Waals surface area contributed by atoms with E-state index >= 15 is 0 Å².